The fourth-order valence-electron chi connectivity index (χ4n) is 1.96. The molecular formula is C15H15ClFN5O5. The lowest BCUT2D eigenvalue weighted by molar-refractivity contribution is -0.126. The van der Waals surface area contributed by atoms with Crippen LogP contribution in [0.25, 0.3) is 0 Å². The molecule has 1 aromatic heterocycles. The Hall–Kier alpha value is -3.05. The number of hydrogen-bond donors (Lipinski definition) is 3. The highest BCUT2D eigenvalue weighted by Crippen LogP contribution is 2.23. The standard InChI is InChI=1S/C15H15ClFN5O5/c16-10-6-8(3-4-11(10)17)19-14(20-25)13-15(22-27-21-13)26-5-1-2-9(23)7-12(18)24/h3-4,6,25H,1-2,5,7H2,(H2,18,24)(H,19,20). The van der Waals surface area contributed by atoms with E-state index in [1.807, 2.05) is 5.48 Å². The Bertz CT molecular complexity index is 857. The number of rotatable bonds is 9. The Labute approximate surface area is 157 Å². The Kier molecular flexibility index (Phi) is 7.20. The van der Waals surface area contributed by atoms with Gasteiger partial charge in [0.25, 0.3) is 5.88 Å². The summed E-state index contributed by atoms with van der Waals surface area (Å²) in [5.41, 5.74) is 6.92. The molecule has 12 heteroatoms. The molecule has 10 nitrogen and oxygen atoms in total. The second-order valence-corrected chi connectivity index (χ2v) is 5.63. The molecule has 1 heterocycles. The van der Waals surface area contributed by atoms with Crippen LogP contribution in [0, 0.1) is 5.82 Å². The number of carbonyl (C=O) groups is 2. The number of hydrogen-bond acceptors (Lipinski definition) is 8. The summed E-state index contributed by atoms with van der Waals surface area (Å²) in [6.07, 6.45) is 0.0596. The van der Waals surface area contributed by atoms with Crippen molar-refractivity contribution in [2.75, 3.05) is 6.61 Å². The Morgan fingerprint density at radius 1 is 1.41 bits per heavy atom. The number of Topliss-reactive ketones (excluding diaryl/α,β-unsaturated/α-hetero) is 1. The molecule has 1 amide bonds. The van der Waals surface area contributed by atoms with Gasteiger partial charge >= 0.3 is 0 Å². The Morgan fingerprint density at radius 2 is 2.19 bits per heavy atom. The predicted molar refractivity (Wildman–Crippen MR) is 90.4 cm³/mol. The number of primary amides is 1. The zero-order valence-electron chi connectivity index (χ0n) is 13.8. The fraction of sp³-hybridized carbons (Fsp3) is 0.267. The van der Waals surface area contributed by atoms with Crippen molar-refractivity contribution in [1.82, 2.24) is 15.8 Å². The van der Waals surface area contributed by atoms with Crippen LogP contribution in [0.3, 0.4) is 0 Å². The van der Waals surface area contributed by atoms with E-state index in [-0.39, 0.29) is 53.4 Å². The number of nitrogens with two attached hydrogens (primary N) is 1. The number of nitrogens with one attached hydrogen (secondary N) is 1. The van der Waals surface area contributed by atoms with E-state index in [1.165, 1.54) is 12.1 Å². The molecule has 0 saturated carbocycles. The van der Waals surface area contributed by atoms with Crippen molar-refractivity contribution >= 4 is 34.8 Å². The van der Waals surface area contributed by atoms with Crippen LogP contribution in [0.5, 0.6) is 5.88 Å². The van der Waals surface area contributed by atoms with Crippen LogP contribution in [-0.2, 0) is 9.59 Å². The number of amides is 1. The molecule has 144 valence electrons. The number of hydroxylamine groups is 1. The molecule has 2 rings (SSSR count). The van der Waals surface area contributed by atoms with Gasteiger partial charge in [-0.15, -0.1) is 0 Å². The lowest BCUT2D eigenvalue weighted by Crippen LogP contribution is -2.21. The van der Waals surface area contributed by atoms with Crippen molar-refractivity contribution in [2.24, 2.45) is 10.7 Å². The van der Waals surface area contributed by atoms with Gasteiger partial charge in [0.2, 0.25) is 11.6 Å². The fourth-order valence-corrected chi connectivity index (χ4v) is 2.13. The molecule has 0 radical (unpaired) electrons. The summed E-state index contributed by atoms with van der Waals surface area (Å²) in [6.45, 7) is 0.0623. The summed E-state index contributed by atoms with van der Waals surface area (Å²) < 4.78 is 23.1. The molecule has 27 heavy (non-hydrogen) atoms. The molecule has 0 bridgehead atoms. The van der Waals surface area contributed by atoms with Crippen molar-refractivity contribution in [1.29, 1.82) is 0 Å². The minimum atomic E-state index is -0.695. The van der Waals surface area contributed by atoms with Crippen LogP contribution in [0.15, 0.2) is 27.8 Å². The van der Waals surface area contributed by atoms with Crippen LogP contribution < -0.4 is 16.0 Å². The third-order valence-corrected chi connectivity index (χ3v) is 3.43. The van der Waals surface area contributed by atoms with E-state index in [1.54, 1.807) is 0 Å². The highest BCUT2D eigenvalue weighted by atomic mass is 35.5. The predicted octanol–water partition coefficient (Wildman–Crippen LogP) is 1.52. The lowest BCUT2D eigenvalue weighted by atomic mass is 10.2. The minimum Gasteiger partial charge on any atom is -0.474 e. The SMILES string of the molecule is NC(=O)CC(=O)CCCOc1nonc1C(=Nc1ccc(F)c(Cl)c1)NO. The van der Waals surface area contributed by atoms with Crippen LogP contribution >= 0.6 is 11.6 Å². The number of ether oxygens (including phenoxy) is 1. The summed E-state index contributed by atoms with van der Waals surface area (Å²) in [4.78, 5) is 26.1. The molecular weight excluding hydrogens is 385 g/mol. The quantitative estimate of drug-likeness (QED) is 0.188. The first-order valence-corrected chi connectivity index (χ1v) is 7.98. The van der Waals surface area contributed by atoms with Gasteiger partial charge in [-0.25, -0.2) is 14.0 Å². The number of carbonyl (C=O) groups excluding carboxylic acids is 2. The monoisotopic (exact) mass is 399 g/mol. The molecule has 0 unspecified atom stereocenters. The summed E-state index contributed by atoms with van der Waals surface area (Å²) >= 11 is 5.68. The number of halogens is 2. The van der Waals surface area contributed by atoms with Gasteiger partial charge in [0.05, 0.1) is 23.7 Å². The summed E-state index contributed by atoms with van der Waals surface area (Å²) in [5, 5.41) is 16.3. The molecule has 0 aliphatic rings. The van der Waals surface area contributed by atoms with Crippen LogP contribution in [0.1, 0.15) is 25.0 Å². The van der Waals surface area contributed by atoms with Gasteiger partial charge in [-0.1, -0.05) is 11.6 Å². The van der Waals surface area contributed by atoms with Crippen molar-refractivity contribution in [2.45, 2.75) is 19.3 Å². The van der Waals surface area contributed by atoms with E-state index < -0.39 is 11.7 Å². The minimum absolute atomic E-state index is 0.0543. The van der Waals surface area contributed by atoms with Crippen molar-refractivity contribution < 1.29 is 28.6 Å². The van der Waals surface area contributed by atoms with Gasteiger partial charge in [0, 0.05) is 6.42 Å². The first-order valence-electron chi connectivity index (χ1n) is 7.60. The van der Waals surface area contributed by atoms with Crippen LogP contribution in [-0.4, -0.2) is 39.7 Å². The lowest BCUT2D eigenvalue weighted by Gasteiger charge is -2.05. The maximum atomic E-state index is 13.2. The molecule has 0 saturated heterocycles. The number of ketones is 1. The molecule has 0 aliphatic carbocycles. The number of aliphatic imine (C=N–C) groups is 1. The molecule has 0 spiro atoms. The molecule has 0 atom stereocenters. The highest BCUT2D eigenvalue weighted by molar-refractivity contribution is 6.31. The largest absolute Gasteiger partial charge is 0.474 e. The van der Waals surface area contributed by atoms with E-state index in [4.69, 9.17) is 22.1 Å². The van der Waals surface area contributed by atoms with Gasteiger partial charge < -0.3 is 10.5 Å². The van der Waals surface area contributed by atoms with Crippen LogP contribution in [0.4, 0.5) is 10.1 Å². The van der Waals surface area contributed by atoms with Crippen molar-refractivity contribution in [3.8, 4) is 5.88 Å². The molecule has 2 aromatic rings. The number of aromatic nitrogens is 2. The average molecular weight is 400 g/mol. The van der Waals surface area contributed by atoms with E-state index in [2.05, 4.69) is 19.9 Å². The smallest absolute Gasteiger partial charge is 0.287 e. The topological polar surface area (TPSA) is 153 Å². The zero-order valence-corrected chi connectivity index (χ0v) is 14.6. The van der Waals surface area contributed by atoms with E-state index >= 15 is 0 Å². The summed E-state index contributed by atoms with van der Waals surface area (Å²) in [6, 6.07) is 3.68. The first kappa shape index (κ1) is 20.3. The normalized spacial score (nSPS) is 11.3. The zero-order chi connectivity index (χ0) is 19.8. The third kappa shape index (κ3) is 6.01. The number of nitrogens with zero attached hydrogens (tertiary/aromatic N) is 3. The number of amidine groups is 1. The summed E-state index contributed by atoms with van der Waals surface area (Å²) in [5.74, 6) is -1.89. The van der Waals surface area contributed by atoms with E-state index in [0.29, 0.717) is 6.42 Å². The third-order valence-electron chi connectivity index (χ3n) is 3.14. The maximum absolute atomic E-state index is 13.2. The van der Waals surface area contributed by atoms with Crippen molar-refractivity contribution in [3.63, 3.8) is 0 Å². The van der Waals surface area contributed by atoms with Crippen LogP contribution in [0.2, 0.25) is 5.02 Å². The van der Waals surface area contributed by atoms with Crippen molar-refractivity contribution in [3.05, 3.63) is 34.7 Å². The summed E-state index contributed by atoms with van der Waals surface area (Å²) in [7, 11) is 0. The van der Waals surface area contributed by atoms with Gasteiger partial charge in [-0.3, -0.25) is 20.3 Å². The van der Waals surface area contributed by atoms with Gasteiger partial charge in [-0.2, -0.15) is 0 Å². The Balaban J connectivity index is 2.03. The second kappa shape index (κ2) is 9.59. The highest BCUT2D eigenvalue weighted by Gasteiger charge is 2.18. The van der Waals surface area contributed by atoms with E-state index in [0.717, 1.165) is 6.07 Å². The average Bonchev–Trinajstić information content (AvgIpc) is 3.07. The molecule has 0 fully saturated rings. The molecule has 4 N–H and O–H groups in total. The first-order chi connectivity index (χ1) is 12.9. The Morgan fingerprint density at radius 3 is 2.85 bits per heavy atom. The second-order valence-electron chi connectivity index (χ2n) is 5.22. The van der Waals surface area contributed by atoms with E-state index in [9.17, 15) is 19.2 Å². The molecule has 0 aliphatic heterocycles. The van der Waals surface area contributed by atoms with Gasteiger partial charge in [0.1, 0.15) is 11.6 Å². The number of benzene rings is 1. The molecule has 1 aromatic carbocycles. The van der Waals surface area contributed by atoms with Gasteiger partial charge in [-0.05, 0) is 34.9 Å². The maximum Gasteiger partial charge on any atom is 0.287 e. The van der Waals surface area contributed by atoms with Gasteiger partial charge in [0.15, 0.2) is 5.84 Å².